The summed E-state index contributed by atoms with van der Waals surface area (Å²) in [5.41, 5.74) is 6.63. The third kappa shape index (κ3) is 3.00. The standard InChI is InChI=1S/C28H27N3/c1-5-8-18(3)23(9-6-2)28-30-29-19(4)31(28)25-17-15-22-13-12-20-10-7-11-21-14-16-24(25)27(22)26(20)21/h7-17,29H,4-6H2,1-3H3/b18-8-,23-9+. The second-order valence-electron chi connectivity index (χ2n) is 8.09. The first-order valence-corrected chi connectivity index (χ1v) is 11.0. The van der Waals surface area contributed by atoms with Crippen molar-refractivity contribution in [3.05, 3.63) is 90.3 Å². The van der Waals surface area contributed by atoms with Crippen LogP contribution in [0.15, 0.2) is 95.4 Å². The van der Waals surface area contributed by atoms with E-state index in [2.05, 4.69) is 110 Å². The number of benzene rings is 4. The van der Waals surface area contributed by atoms with Gasteiger partial charge < -0.3 is 0 Å². The van der Waals surface area contributed by atoms with E-state index >= 15 is 0 Å². The fourth-order valence-electron chi connectivity index (χ4n) is 4.75. The first kappa shape index (κ1) is 19.4. The summed E-state index contributed by atoms with van der Waals surface area (Å²) < 4.78 is 0. The molecule has 1 aliphatic rings. The van der Waals surface area contributed by atoms with Gasteiger partial charge in [-0.15, -0.1) is 0 Å². The SMILES string of the molecule is C=C1NN=C(C(=C/CC)/C(C)=C\CC)N1c1ccc2ccc3cccc4ccc1c2c34. The number of anilines is 1. The van der Waals surface area contributed by atoms with Crippen molar-refractivity contribution in [1.82, 2.24) is 5.43 Å². The lowest BCUT2D eigenvalue weighted by Gasteiger charge is -2.25. The van der Waals surface area contributed by atoms with E-state index in [0.29, 0.717) is 0 Å². The van der Waals surface area contributed by atoms with Gasteiger partial charge in [0.15, 0.2) is 5.84 Å². The van der Waals surface area contributed by atoms with E-state index in [1.54, 1.807) is 0 Å². The maximum absolute atomic E-state index is 4.69. The monoisotopic (exact) mass is 405 g/mol. The van der Waals surface area contributed by atoms with E-state index in [4.69, 9.17) is 0 Å². The minimum Gasteiger partial charge on any atom is -0.277 e. The fraction of sp³-hybridized carbons (Fsp3) is 0.179. The van der Waals surface area contributed by atoms with Crippen LogP contribution in [-0.2, 0) is 0 Å². The average molecular weight is 406 g/mol. The van der Waals surface area contributed by atoms with Crippen LogP contribution in [0.25, 0.3) is 32.3 Å². The number of hydrazone groups is 1. The average Bonchev–Trinajstić information content (AvgIpc) is 3.16. The summed E-state index contributed by atoms with van der Waals surface area (Å²) in [6.45, 7) is 10.8. The van der Waals surface area contributed by atoms with Crippen molar-refractivity contribution in [3.8, 4) is 0 Å². The number of nitrogens with zero attached hydrogens (tertiary/aromatic N) is 2. The number of hydrogen-bond donors (Lipinski definition) is 1. The van der Waals surface area contributed by atoms with Crippen LogP contribution >= 0.6 is 0 Å². The summed E-state index contributed by atoms with van der Waals surface area (Å²) in [5.74, 6) is 1.68. The van der Waals surface area contributed by atoms with Gasteiger partial charge in [0.2, 0.25) is 0 Å². The Kier molecular flexibility index (Phi) is 4.74. The molecule has 0 amide bonds. The molecule has 5 rings (SSSR count). The van der Waals surface area contributed by atoms with Gasteiger partial charge in [-0.3, -0.25) is 10.3 Å². The van der Waals surface area contributed by atoms with Crippen molar-refractivity contribution >= 4 is 43.8 Å². The molecule has 0 aliphatic carbocycles. The summed E-state index contributed by atoms with van der Waals surface area (Å²) in [6.07, 6.45) is 6.45. The Morgan fingerprint density at radius 3 is 2.26 bits per heavy atom. The van der Waals surface area contributed by atoms with Crippen molar-refractivity contribution in [2.24, 2.45) is 5.10 Å². The highest BCUT2D eigenvalue weighted by Gasteiger charge is 2.28. The van der Waals surface area contributed by atoms with Gasteiger partial charge in [-0.1, -0.05) is 81.1 Å². The lowest BCUT2D eigenvalue weighted by molar-refractivity contribution is 0.927. The van der Waals surface area contributed by atoms with Crippen molar-refractivity contribution in [2.45, 2.75) is 33.6 Å². The second kappa shape index (κ2) is 7.59. The Bertz CT molecular complexity index is 1390. The molecule has 0 atom stereocenters. The van der Waals surface area contributed by atoms with Gasteiger partial charge in [0.25, 0.3) is 0 Å². The zero-order valence-electron chi connectivity index (χ0n) is 18.4. The zero-order chi connectivity index (χ0) is 21.5. The highest BCUT2D eigenvalue weighted by Crippen LogP contribution is 2.40. The lowest BCUT2D eigenvalue weighted by atomic mass is 9.93. The molecule has 4 aromatic carbocycles. The van der Waals surface area contributed by atoms with Crippen LogP contribution in [0.3, 0.4) is 0 Å². The van der Waals surface area contributed by atoms with E-state index in [-0.39, 0.29) is 0 Å². The Hall–Kier alpha value is -3.59. The fourth-order valence-corrected chi connectivity index (χ4v) is 4.75. The Balaban J connectivity index is 1.76. The maximum atomic E-state index is 4.69. The molecule has 0 radical (unpaired) electrons. The number of nitrogens with one attached hydrogen (secondary N) is 1. The predicted molar refractivity (Wildman–Crippen MR) is 135 cm³/mol. The molecule has 154 valence electrons. The quantitative estimate of drug-likeness (QED) is 0.275. The highest BCUT2D eigenvalue weighted by molar-refractivity contribution is 6.27. The van der Waals surface area contributed by atoms with Crippen LogP contribution in [0.1, 0.15) is 33.6 Å². The zero-order valence-corrected chi connectivity index (χ0v) is 18.4. The molecule has 0 saturated carbocycles. The molecule has 0 saturated heterocycles. The summed E-state index contributed by atoms with van der Waals surface area (Å²) in [7, 11) is 0. The van der Waals surface area contributed by atoms with Crippen molar-refractivity contribution < 1.29 is 0 Å². The van der Waals surface area contributed by atoms with Gasteiger partial charge in [0, 0.05) is 11.0 Å². The van der Waals surface area contributed by atoms with E-state index in [1.807, 2.05) is 0 Å². The number of hydrogen-bond acceptors (Lipinski definition) is 3. The first-order valence-electron chi connectivity index (χ1n) is 11.0. The molecule has 0 aromatic heterocycles. The molecule has 1 N–H and O–H groups in total. The molecule has 1 heterocycles. The van der Waals surface area contributed by atoms with E-state index in [9.17, 15) is 0 Å². The molecule has 3 heteroatoms. The smallest absolute Gasteiger partial charge is 0.166 e. The van der Waals surface area contributed by atoms with E-state index in [1.165, 1.54) is 37.9 Å². The summed E-state index contributed by atoms with van der Waals surface area (Å²) in [5, 5.41) is 12.3. The largest absolute Gasteiger partial charge is 0.277 e. The third-order valence-corrected chi connectivity index (χ3v) is 6.10. The van der Waals surface area contributed by atoms with Crippen LogP contribution in [0.4, 0.5) is 5.69 Å². The molecule has 3 nitrogen and oxygen atoms in total. The van der Waals surface area contributed by atoms with Gasteiger partial charge in [0.05, 0.1) is 5.69 Å². The lowest BCUT2D eigenvalue weighted by Crippen LogP contribution is -2.28. The molecule has 1 aliphatic heterocycles. The van der Waals surface area contributed by atoms with Gasteiger partial charge in [0.1, 0.15) is 5.82 Å². The van der Waals surface area contributed by atoms with Crippen LogP contribution in [0, 0.1) is 0 Å². The molecule has 0 unspecified atom stereocenters. The molecule has 0 bridgehead atoms. The number of amidine groups is 1. The Labute approximate surface area is 183 Å². The topological polar surface area (TPSA) is 27.6 Å². The van der Waals surface area contributed by atoms with Gasteiger partial charge in [-0.05, 0) is 58.3 Å². The van der Waals surface area contributed by atoms with Gasteiger partial charge in [-0.25, -0.2) is 0 Å². The first-order chi connectivity index (χ1) is 15.1. The normalized spacial score (nSPS) is 15.4. The Morgan fingerprint density at radius 1 is 0.903 bits per heavy atom. The second-order valence-corrected chi connectivity index (χ2v) is 8.09. The van der Waals surface area contributed by atoms with Crippen molar-refractivity contribution in [3.63, 3.8) is 0 Å². The van der Waals surface area contributed by atoms with Gasteiger partial charge >= 0.3 is 0 Å². The molecule has 4 aromatic rings. The summed E-state index contributed by atoms with van der Waals surface area (Å²) in [4.78, 5) is 2.17. The van der Waals surface area contributed by atoms with Crippen molar-refractivity contribution in [2.75, 3.05) is 4.90 Å². The molecular weight excluding hydrogens is 378 g/mol. The highest BCUT2D eigenvalue weighted by atomic mass is 15.5. The van der Waals surface area contributed by atoms with E-state index in [0.717, 1.165) is 35.8 Å². The Morgan fingerprint density at radius 2 is 1.55 bits per heavy atom. The van der Waals surface area contributed by atoms with Crippen LogP contribution in [0.5, 0.6) is 0 Å². The molecule has 31 heavy (non-hydrogen) atoms. The predicted octanol–water partition coefficient (Wildman–Crippen LogP) is 7.47. The minimum absolute atomic E-state index is 0.774. The van der Waals surface area contributed by atoms with Crippen LogP contribution < -0.4 is 10.3 Å². The van der Waals surface area contributed by atoms with Gasteiger partial charge in [-0.2, -0.15) is 5.10 Å². The minimum atomic E-state index is 0.774. The van der Waals surface area contributed by atoms with Crippen LogP contribution in [-0.4, -0.2) is 5.84 Å². The third-order valence-electron chi connectivity index (χ3n) is 6.10. The summed E-state index contributed by atoms with van der Waals surface area (Å²) in [6, 6.07) is 19.8. The number of rotatable bonds is 5. The number of allylic oxidation sites excluding steroid dienone is 2. The van der Waals surface area contributed by atoms with Crippen molar-refractivity contribution in [1.29, 1.82) is 0 Å². The summed E-state index contributed by atoms with van der Waals surface area (Å²) >= 11 is 0. The maximum Gasteiger partial charge on any atom is 0.166 e. The molecule has 0 fully saturated rings. The molecular formula is C28H27N3. The molecule has 0 spiro atoms. The van der Waals surface area contributed by atoms with Crippen LogP contribution in [0.2, 0.25) is 0 Å². The van der Waals surface area contributed by atoms with E-state index < -0.39 is 0 Å².